The number of fused-ring (bicyclic) bond motifs is 1. The lowest BCUT2D eigenvalue weighted by Crippen LogP contribution is -2.35. The van der Waals surface area contributed by atoms with Crippen LogP contribution < -0.4 is 5.32 Å². The fraction of sp³-hybridized carbons (Fsp3) is 0.538. The number of aromatic amines is 1. The smallest absolute Gasteiger partial charge is 0.137 e. The number of likely N-dealkylation sites (tertiary alicyclic amines) is 1. The maximum absolute atomic E-state index is 4.69. The largest absolute Gasteiger partial charge is 0.367 e. The van der Waals surface area contributed by atoms with Crippen molar-refractivity contribution >= 4 is 16.7 Å². The molecule has 2 N–H and O–H groups in total. The second kappa shape index (κ2) is 9.82. The maximum Gasteiger partial charge on any atom is 0.137 e. The minimum atomic E-state index is 0.554. The van der Waals surface area contributed by atoms with Gasteiger partial charge in [0, 0.05) is 18.8 Å². The second-order valence-corrected chi connectivity index (χ2v) is 9.39. The van der Waals surface area contributed by atoms with Gasteiger partial charge in [0.2, 0.25) is 0 Å². The first-order chi connectivity index (χ1) is 15.4. The molecule has 5 heteroatoms. The van der Waals surface area contributed by atoms with Crippen LogP contribution in [-0.4, -0.2) is 45.8 Å². The van der Waals surface area contributed by atoms with Crippen molar-refractivity contribution in [3.8, 4) is 0 Å². The van der Waals surface area contributed by atoms with Crippen molar-refractivity contribution in [3.05, 3.63) is 53.9 Å². The lowest BCUT2D eigenvalue weighted by Gasteiger charge is -2.33. The average molecular weight is 418 g/mol. The summed E-state index contributed by atoms with van der Waals surface area (Å²) in [5, 5.41) is 12.8. The molecule has 1 saturated heterocycles. The molecule has 2 aliphatic rings. The van der Waals surface area contributed by atoms with Gasteiger partial charge in [-0.05, 0) is 69.2 Å². The van der Waals surface area contributed by atoms with Gasteiger partial charge in [-0.2, -0.15) is 5.10 Å². The number of anilines is 1. The average Bonchev–Trinajstić information content (AvgIpc) is 3.25. The van der Waals surface area contributed by atoms with E-state index in [9.17, 15) is 0 Å². The molecule has 1 unspecified atom stereocenters. The standard InChI is InChI=1S/C26H35N5/c1-3-9-20(10-4-1)21-11-7-17-31(19-21)18-8-14-23-25-24(30-29-23)15-16-27-26(25)28-22-12-5-2-6-13-22/h1,3-4,9-10,15-16,21-22H,2,5-8,11-14,17-19H2,(H,27,28)(H,29,30). The molecule has 1 atom stereocenters. The van der Waals surface area contributed by atoms with Gasteiger partial charge >= 0.3 is 0 Å². The molecule has 164 valence electrons. The first-order valence-electron chi connectivity index (χ1n) is 12.2. The van der Waals surface area contributed by atoms with E-state index in [1.807, 2.05) is 12.3 Å². The molecule has 0 radical (unpaired) electrons. The van der Waals surface area contributed by atoms with E-state index < -0.39 is 0 Å². The number of piperidine rings is 1. The SMILES string of the molecule is c1ccc(C2CCCN(CCCc3n[nH]c4ccnc(NC5CCCCC5)c34)C2)cc1. The third kappa shape index (κ3) is 4.93. The summed E-state index contributed by atoms with van der Waals surface area (Å²) in [6.07, 6.45) is 13.2. The zero-order chi connectivity index (χ0) is 20.9. The Morgan fingerprint density at radius 1 is 1.00 bits per heavy atom. The highest BCUT2D eigenvalue weighted by molar-refractivity contribution is 5.91. The van der Waals surface area contributed by atoms with E-state index in [1.165, 1.54) is 69.0 Å². The minimum absolute atomic E-state index is 0.554. The second-order valence-electron chi connectivity index (χ2n) is 9.39. The molecule has 0 bridgehead atoms. The predicted molar refractivity (Wildman–Crippen MR) is 128 cm³/mol. The van der Waals surface area contributed by atoms with Crippen LogP contribution in [0.5, 0.6) is 0 Å². The predicted octanol–water partition coefficient (Wildman–Crippen LogP) is 5.51. The van der Waals surface area contributed by atoms with Crippen LogP contribution in [0.25, 0.3) is 10.9 Å². The Hall–Kier alpha value is -2.40. The highest BCUT2D eigenvalue weighted by Gasteiger charge is 2.21. The summed E-state index contributed by atoms with van der Waals surface area (Å²) in [5.74, 6) is 1.70. The molecular weight excluding hydrogens is 382 g/mol. The van der Waals surface area contributed by atoms with Crippen molar-refractivity contribution in [1.29, 1.82) is 0 Å². The molecule has 1 saturated carbocycles. The Morgan fingerprint density at radius 3 is 2.74 bits per heavy atom. The van der Waals surface area contributed by atoms with Crippen LogP contribution in [-0.2, 0) is 6.42 Å². The number of benzene rings is 1. The lowest BCUT2D eigenvalue weighted by atomic mass is 9.90. The summed E-state index contributed by atoms with van der Waals surface area (Å²) >= 11 is 0. The molecule has 2 aromatic heterocycles. The summed E-state index contributed by atoms with van der Waals surface area (Å²) in [6, 6.07) is 13.6. The van der Waals surface area contributed by atoms with Gasteiger partial charge in [0.1, 0.15) is 5.82 Å². The third-order valence-corrected chi connectivity index (χ3v) is 7.16. The van der Waals surface area contributed by atoms with Crippen LogP contribution in [0, 0.1) is 0 Å². The van der Waals surface area contributed by atoms with Crippen LogP contribution in [0.1, 0.15) is 68.5 Å². The lowest BCUT2D eigenvalue weighted by molar-refractivity contribution is 0.206. The highest BCUT2D eigenvalue weighted by atomic mass is 15.1. The zero-order valence-corrected chi connectivity index (χ0v) is 18.5. The molecule has 5 nitrogen and oxygen atoms in total. The van der Waals surface area contributed by atoms with Crippen LogP contribution in [0.4, 0.5) is 5.82 Å². The van der Waals surface area contributed by atoms with Gasteiger partial charge in [0.25, 0.3) is 0 Å². The first kappa shape index (κ1) is 20.5. The third-order valence-electron chi connectivity index (χ3n) is 7.16. The Morgan fingerprint density at radius 2 is 1.87 bits per heavy atom. The van der Waals surface area contributed by atoms with E-state index in [0.29, 0.717) is 12.0 Å². The minimum Gasteiger partial charge on any atom is -0.367 e. The monoisotopic (exact) mass is 417 g/mol. The number of rotatable bonds is 7. The van der Waals surface area contributed by atoms with Gasteiger partial charge in [0.15, 0.2) is 0 Å². The topological polar surface area (TPSA) is 56.8 Å². The Kier molecular flexibility index (Phi) is 6.49. The molecule has 1 aliphatic heterocycles. The number of nitrogens with zero attached hydrogens (tertiary/aromatic N) is 3. The van der Waals surface area contributed by atoms with Crippen molar-refractivity contribution < 1.29 is 0 Å². The number of hydrogen-bond acceptors (Lipinski definition) is 4. The summed E-state index contributed by atoms with van der Waals surface area (Å²) in [7, 11) is 0. The molecule has 0 spiro atoms. The number of pyridine rings is 1. The molecule has 3 heterocycles. The van der Waals surface area contributed by atoms with E-state index in [2.05, 4.69) is 50.7 Å². The van der Waals surface area contributed by atoms with E-state index in [0.717, 1.165) is 36.4 Å². The van der Waals surface area contributed by atoms with Crippen molar-refractivity contribution in [2.75, 3.05) is 25.0 Å². The summed E-state index contributed by atoms with van der Waals surface area (Å²) in [4.78, 5) is 7.34. The number of H-pyrrole nitrogens is 1. The molecule has 31 heavy (non-hydrogen) atoms. The molecule has 1 aliphatic carbocycles. The normalized spacial score (nSPS) is 20.8. The van der Waals surface area contributed by atoms with E-state index >= 15 is 0 Å². The number of aryl methyl sites for hydroxylation is 1. The van der Waals surface area contributed by atoms with Crippen LogP contribution in [0.2, 0.25) is 0 Å². The quantitative estimate of drug-likeness (QED) is 0.532. The van der Waals surface area contributed by atoms with Gasteiger partial charge in [0.05, 0.1) is 16.6 Å². The Bertz CT molecular complexity index is 960. The zero-order valence-electron chi connectivity index (χ0n) is 18.5. The highest BCUT2D eigenvalue weighted by Crippen LogP contribution is 2.29. The van der Waals surface area contributed by atoms with E-state index in [4.69, 9.17) is 4.98 Å². The van der Waals surface area contributed by atoms with Crippen molar-refractivity contribution in [1.82, 2.24) is 20.1 Å². The summed E-state index contributed by atoms with van der Waals surface area (Å²) in [5.41, 5.74) is 3.76. The van der Waals surface area contributed by atoms with Crippen LogP contribution in [0.15, 0.2) is 42.6 Å². The molecule has 5 rings (SSSR count). The first-order valence-corrected chi connectivity index (χ1v) is 12.2. The number of hydrogen-bond donors (Lipinski definition) is 2. The van der Waals surface area contributed by atoms with E-state index in [1.54, 1.807) is 0 Å². The molecule has 0 amide bonds. The van der Waals surface area contributed by atoms with Gasteiger partial charge < -0.3 is 10.2 Å². The summed E-state index contributed by atoms with van der Waals surface area (Å²) in [6.45, 7) is 3.55. The molecular formula is C26H35N5. The molecule has 1 aromatic carbocycles. The van der Waals surface area contributed by atoms with Gasteiger partial charge in [-0.3, -0.25) is 5.10 Å². The number of nitrogens with one attached hydrogen (secondary N) is 2. The maximum atomic E-state index is 4.69. The van der Waals surface area contributed by atoms with Crippen LogP contribution in [0.3, 0.4) is 0 Å². The van der Waals surface area contributed by atoms with Gasteiger partial charge in [-0.25, -0.2) is 4.98 Å². The summed E-state index contributed by atoms with van der Waals surface area (Å²) < 4.78 is 0. The van der Waals surface area contributed by atoms with Gasteiger partial charge in [-0.1, -0.05) is 49.6 Å². The van der Waals surface area contributed by atoms with Crippen molar-refractivity contribution in [3.63, 3.8) is 0 Å². The Balaban J connectivity index is 1.21. The van der Waals surface area contributed by atoms with Crippen molar-refractivity contribution in [2.45, 2.75) is 69.7 Å². The van der Waals surface area contributed by atoms with E-state index in [-0.39, 0.29) is 0 Å². The van der Waals surface area contributed by atoms with Gasteiger partial charge in [-0.15, -0.1) is 0 Å². The van der Waals surface area contributed by atoms with Crippen LogP contribution >= 0.6 is 0 Å². The fourth-order valence-electron chi connectivity index (χ4n) is 5.49. The Labute approximate surface area is 185 Å². The molecule has 2 fully saturated rings. The molecule has 3 aromatic rings. The van der Waals surface area contributed by atoms with Crippen molar-refractivity contribution in [2.24, 2.45) is 0 Å². The fourth-order valence-corrected chi connectivity index (χ4v) is 5.49. The number of aromatic nitrogens is 3.